The van der Waals surface area contributed by atoms with Crippen molar-refractivity contribution in [2.24, 2.45) is 5.92 Å². The molecule has 1 aromatic carbocycles. The topological polar surface area (TPSA) is 38.3 Å². The molecule has 0 aromatic heterocycles. The average Bonchev–Trinajstić information content (AvgIpc) is 2.81. The third-order valence-corrected chi connectivity index (χ3v) is 3.23. The van der Waals surface area contributed by atoms with Crippen LogP contribution in [0, 0.1) is 18.7 Å². The lowest BCUT2D eigenvalue weighted by molar-refractivity contribution is 0.0946. The number of aryl methyl sites for hydroxylation is 1. The van der Waals surface area contributed by atoms with E-state index in [2.05, 4.69) is 5.32 Å². The van der Waals surface area contributed by atoms with Crippen LogP contribution in [0.1, 0.15) is 28.8 Å². The maximum atomic E-state index is 13.5. The van der Waals surface area contributed by atoms with Gasteiger partial charge in [-0.15, -0.1) is 0 Å². The van der Waals surface area contributed by atoms with E-state index < -0.39 is 5.82 Å². The Morgan fingerprint density at radius 1 is 1.56 bits per heavy atom. The SMILES string of the molecule is Cc1ccc(C(=O)NCC[C@H]2CCOC2)c(F)c1. The van der Waals surface area contributed by atoms with Crippen LogP contribution in [-0.2, 0) is 4.74 Å². The molecule has 4 heteroatoms. The zero-order chi connectivity index (χ0) is 13.0. The number of carbonyl (C=O) groups is 1. The lowest BCUT2D eigenvalue weighted by Crippen LogP contribution is -2.26. The van der Waals surface area contributed by atoms with E-state index in [0.717, 1.165) is 31.6 Å². The van der Waals surface area contributed by atoms with Crippen molar-refractivity contribution in [2.75, 3.05) is 19.8 Å². The smallest absolute Gasteiger partial charge is 0.254 e. The van der Waals surface area contributed by atoms with Gasteiger partial charge in [-0.25, -0.2) is 4.39 Å². The lowest BCUT2D eigenvalue weighted by atomic mass is 10.1. The summed E-state index contributed by atoms with van der Waals surface area (Å²) >= 11 is 0. The van der Waals surface area contributed by atoms with Gasteiger partial charge in [0, 0.05) is 19.8 Å². The van der Waals surface area contributed by atoms with Crippen LogP contribution in [0.2, 0.25) is 0 Å². The molecule has 3 nitrogen and oxygen atoms in total. The first kappa shape index (κ1) is 13.0. The van der Waals surface area contributed by atoms with E-state index in [1.165, 1.54) is 12.1 Å². The molecule has 1 amide bonds. The Morgan fingerprint density at radius 3 is 3.06 bits per heavy atom. The summed E-state index contributed by atoms with van der Waals surface area (Å²) < 4.78 is 18.8. The van der Waals surface area contributed by atoms with Gasteiger partial charge >= 0.3 is 0 Å². The van der Waals surface area contributed by atoms with E-state index in [9.17, 15) is 9.18 Å². The Morgan fingerprint density at radius 2 is 2.39 bits per heavy atom. The number of ether oxygens (including phenoxy) is 1. The Bertz CT molecular complexity index is 428. The molecule has 0 aliphatic carbocycles. The largest absolute Gasteiger partial charge is 0.381 e. The standard InChI is InChI=1S/C14H18FNO2/c1-10-2-3-12(13(15)8-10)14(17)16-6-4-11-5-7-18-9-11/h2-3,8,11H,4-7,9H2,1H3,(H,16,17)/t11-/m0/s1. The number of benzene rings is 1. The second-order valence-electron chi connectivity index (χ2n) is 4.76. The first-order valence-electron chi connectivity index (χ1n) is 6.29. The van der Waals surface area contributed by atoms with Crippen molar-refractivity contribution in [2.45, 2.75) is 19.8 Å². The lowest BCUT2D eigenvalue weighted by Gasteiger charge is -2.09. The van der Waals surface area contributed by atoms with Gasteiger partial charge in [0.25, 0.3) is 5.91 Å². The summed E-state index contributed by atoms with van der Waals surface area (Å²) in [5.74, 6) is -0.281. The minimum Gasteiger partial charge on any atom is -0.381 e. The second-order valence-corrected chi connectivity index (χ2v) is 4.76. The van der Waals surface area contributed by atoms with Gasteiger partial charge in [-0.1, -0.05) is 6.07 Å². The second kappa shape index (κ2) is 5.96. The highest BCUT2D eigenvalue weighted by atomic mass is 19.1. The van der Waals surface area contributed by atoms with Crippen molar-refractivity contribution in [3.05, 3.63) is 35.1 Å². The number of amides is 1. The van der Waals surface area contributed by atoms with Crippen molar-refractivity contribution in [3.8, 4) is 0 Å². The number of hydrogen-bond donors (Lipinski definition) is 1. The number of halogens is 1. The number of rotatable bonds is 4. The molecule has 0 unspecified atom stereocenters. The Kier molecular flexibility index (Phi) is 4.31. The molecule has 1 saturated heterocycles. The quantitative estimate of drug-likeness (QED) is 0.891. The van der Waals surface area contributed by atoms with E-state index >= 15 is 0 Å². The van der Waals surface area contributed by atoms with Crippen LogP contribution in [0.3, 0.4) is 0 Å². The Balaban J connectivity index is 1.83. The minimum absolute atomic E-state index is 0.114. The third kappa shape index (κ3) is 3.29. The van der Waals surface area contributed by atoms with Crippen molar-refractivity contribution < 1.29 is 13.9 Å². The molecule has 1 heterocycles. The van der Waals surface area contributed by atoms with Crippen LogP contribution in [0.25, 0.3) is 0 Å². The maximum absolute atomic E-state index is 13.5. The van der Waals surface area contributed by atoms with Gasteiger partial charge in [0.1, 0.15) is 5.82 Å². The van der Waals surface area contributed by atoms with Gasteiger partial charge in [0.05, 0.1) is 5.56 Å². The van der Waals surface area contributed by atoms with Gasteiger partial charge in [-0.3, -0.25) is 4.79 Å². The summed E-state index contributed by atoms with van der Waals surface area (Å²) in [5, 5.41) is 2.75. The van der Waals surface area contributed by atoms with Crippen LogP contribution in [0.5, 0.6) is 0 Å². The molecule has 0 bridgehead atoms. The molecule has 0 saturated carbocycles. The highest BCUT2D eigenvalue weighted by molar-refractivity contribution is 5.94. The van der Waals surface area contributed by atoms with Gasteiger partial charge in [-0.05, 0) is 43.4 Å². The monoisotopic (exact) mass is 251 g/mol. The van der Waals surface area contributed by atoms with Crippen molar-refractivity contribution in [1.29, 1.82) is 0 Å². The number of carbonyl (C=O) groups excluding carboxylic acids is 1. The summed E-state index contributed by atoms with van der Waals surface area (Å²) in [5.41, 5.74) is 0.926. The molecule has 98 valence electrons. The normalized spacial score (nSPS) is 18.9. The van der Waals surface area contributed by atoms with E-state index in [0.29, 0.717) is 12.5 Å². The number of hydrogen-bond acceptors (Lipinski definition) is 2. The van der Waals surface area contributed by atoms with E-state index in [1.807, 2.05) is 0 Å². The zero-order valence-corrected chi connectivity index (χ0v) is 10.5. The van der Waals surface area contributed by atoms with E-state index in [1.54, 1.807) is 13.0 Å². The highest BCUT2D eigenvalue weighted by Crippen LogP contribution is 2.15. The molecule has 0 spiro atoms. The Labute approximate surface area is 106 Å². The molecule has 2 rings (SSSR count). The summed E-state index contributed by atoms with van der Waals surface area (Å²) in [6.45, 7) is 3.95. The molecule has 0 radical (unpaired) electrons. The summed E-state index contributed by atoms with van der Waals surface area (Å²) in [6, 6.07) is 4.64. The van der Waals surface area contributed by atoms with Gasteiger partial charge < -0.3 is 10.1 Å². The molecule has 1 aliphatic rings. The first-order chi connectivity index (χ1) is 8.66. The first-order valence-corrected chi connectivity index (χ1v) is 6.29. The van der Waals surface area contributed by atoms with Crippen LogP contribution in [-0.4, -0.2) is 25.7 Å². The summed E-state index contributed by atoms with van der Waals surface area (Å²) in [7, 11) is 0. The van der Waals surface area contributed by atoms with Crippen molar-refractivity contribution >= 4 is 5.91 Å². The molecule has 18 heavy (non-hydrogen) atoms. The molecule has 1 atom stereocenters. The van der Waals surface area contributed by atoms with Crippen molar-refractivity contribution in [3.63, 3.8) is 0 Å². The van der Waals surface area contributed by atoms with Crippen LogP contribution >= 0.6 is 0 Å². The van der Waals surface area contributed by atoms with Crippen LogP contribution in [0.4, 0.5) is 4.39 Å². The molecule has 1 fully saturated rings. The molecular formula is C14H18FNO2. The van der Waals surface area contributed by atoms with E-state index in [-0.39, 0.29) is 11.5 Å². The predicted octanol–water partition coefficient (Wildman–Crippen LogP) is 2.29. The Hall–Kier alpha value is -1.42. The minimum atomic E-state index is -0.461. The molecule has 1 aliphatic heterocycles. The van der Waals surface area contributed by atoms with Gasteiger partial charge in [0.2, 0.25) is 0 Å². The zero-order valence-electron chi connectivity index (χ0n) is 10.5. The summed E-state index contributed by atoms with van der Waals surface area (Å²) in [4.78, 5) is 11.8. The third-order valence-electron chi connectivity index (χ3n) is 3.23. The highest BCUT2D eigenvalue weighted by Gasteiger charge is 2.16. The fourth-order valence-electron chi connectivity index (χ4n) is 2.10. The fraction of sp³-hybridized carbons (Fsp3) is 0.500. The average molecular weight is 251 g/mol. The number of nitrogens with one attached hydrogen (secondary N) is 1. The fourth-order valence-corrected chi connectivity index (χ4v) is 2.10. The maximum Gasteiger partial charge on any atom is 0.254 e. The van der Waals surface area contributed by atoms with Crippen LogP contribution in [0.15, 0.2) is 18.2 Å². The summed E-state index contributed by atoms with van der Waals surface area (Å²) in [6.07, 6.45) is 1.94. The molecule has 1 aromatic rings. The van der Waals surface area contributed by atoms with Crippen LogP contribution < -0.4 is 5.32 Å². The molecule has 1 N–H and O–H groups in total. The van der Waals surface area contributed by atoms with E-state index in [4.69, 9.17) is 4.74 Å². The van der Waals surface area contributed by atoms with Gasteiger partial charge in [-0.2, -0.15) is 0 Å². The predicted molar refractivity (Wildman–Crippen MR) is 67.0 cm³/mol. The van der Waals surface area contributed by atoms with Crippen molar-refractivity contribution in [1.82, 2.24) is 5.32 Å². The van der Waals surface area contributed by atoms with Gasteiger partial charge in [0.15, 0.2) is 0 Å². The molecular weight excluding hydrogens is 233 g/mol.